The van der Waals surface area contributed by atoms with Crippen LogP contribution in [0.15, 0.2) is 78.5 Å². The van der Waals surface area contributed by atoms with Crippen LogP contribution in [0, 0.1) is 0 Å². The van der Waals surface area contributed by atoms with Gasteiger partial charge in [0.1, 0.15) is 11.3 Å². The number of methoxy groups -OCH3 is 1. The third-order valence-corrected chi connectivity index (χ3v) is 5.67. The average Bonchev–Trinajstić information content (AvgIpc) is 3.30. The van der Waals surface area contributed by atoms with Crippen LogP contribution in [0.1, 0.15) is 12.0 Å². The smallest absolute Gasteiger partial charge is 0.335 e. The monoisotopic (exact) mass is 412 g/mol. The van der Waals surface area contributed by atoms with Gasteiger partial charge in [-0.15, -0.1) is 0 Å². The maximum absolute atomic E-state index is 11.4. The van der Waals surface area contributed by atoms with Crippen molar-refractivity contribution in [2.24, 2.45) is 0 Å². The molecule has 0 amide bonds. The van der Waals surface area contributed by atoms with E-state index in [9.17, 15) is 9.90 Å². The molecular weight excluding hydrogens is 392 g/mol. The number of carbonyl (C=O) groups is 1. The fraction of sp³-hybridized carbons (Fsp3) is 0.125. The van der Waals surface area contributed by atoms with Gasteiger partial charge in [-0.3, -0.25) is 5.10 Å². The SMILES string of the molecule is COc1ccc2nc(NC3(c4ccccc4)C=CC(C(=O)O)=CC3)c3[nH]ncc3c2c1. The Kier molecular flexibility index (Phi) is 4.43. The van der Waals surface area contributed by atoms with E-state index in [0.29, 0.717) is 12.2 Å². The molecule has 2 aromatic heterocycles. The van der Waals surface area contributed by atoms with Gasteiger partial charge in [0.05, 0.1) is 29.9 Å². The third kappa shape index (κ3) is 3.20. The minimum absolute atomic E-state index is 0.276. The number of aromatic amines is 1. The molecule has 1 aliphatic rings. The van der Waals surface area contributed by atoms with E-state index in [0.717, 1.165) is 33.1 Å². The zero-order valence-corrected chi connectivity index (χ0v) is 16.8. The van der Waals surface area contributed by atoms with Crippen LogP contribution in [0.4, 0.5) is 5.82 Å². The Bertz CT molecular complexity index is 1360. The van der Waals surface area contributed by atoms with Crippen molar-refractivity contribution in [2.45, 2.75) is 12.0 Å². The number of fused-ring (bicyclic) bond motifs is 3. The second-order valence-corrected chi connectivity index (χ2v) is 7.47. The highest BCUT2D eigenvalue weighted by Crippen LogP contribution is 2.38. The molecule has 1 unspecified atom stereocenters. The first-order valence-corrected chi connectivity index (χ1v) is 9.87. The Morgan fingerprint density at radius 3 is 2.74 bits per heavy atom. The molecule has 2 heterocycles. The molecule has 7 nitrogen and oxygen atoms in total. The van der Waals surface area contributed by atoms with Crippen LogP contribution in [0.25, 0.3) is 21.8 Å². The average molecular weight is 412 g/mol. The predicted molar refractivity (Wildman–Crippen MR) is 119 cm³/mol. The Balaban J connectivity index is 1.66. The van der Waals surface area contributed by atoms with E-state index in [1.54, 1.807) is 25.5 Å². The largest absolute Gasteiger partial charge is 0.497 e. The van der Waals surface area contributed by atoms with E-state index in [1.807, 2.05) is 54.6 Å². The topological polar surface area (TPSA) is 100 Å². The molecule has 0 spiro atoms. The van der Waals surface area contributed by atoms with Gasteiger partial charge in [0.15, 0.2) is 5.82 Å². The maximum Gasteiger partial charge on any atom is 0.335 e. The Labute approximate surface area is 178 Å². The summed E-state index contributed by atoms with van der Waals surface area (Å²) < 4.78 is 5.37. The summed E-state index contributed by atoms with van der Waals surface area (Å²) in [5, 5.41) is 22.1. The number of anilines is 1. The number of nitrogens with one attached hydrogen (secondary N) is 2. The highest BCUT2D eigenvalue weighted by Gasteiger charge is 2.32. The van der Waals surface area contributed by atoms with E-state index < -0.39 is 11.5 Å². The molecule has 154 valence electrons. The summed E-state index contributed by atoms with van der Waals surface area (Å²) >= 11 is 0. The molecule has 4 aromatic rings. The van der Waals surface area contributed by atoms with E-state index in [-0.39, 0.29) is 5.57 Å². The van der Waals surface area contributed by atoms with Gasteiger partial charge in [-0.2, -0.15) is 5.10 Å². The molecule has 0 aliphatic heterocycles. The lowest BCUT2D eigenvalue weighted by Crippen LogP contribution is -2.35. The van der Waals surface area contributed by atoms with Gasteiger partial charge in [-0.1, -0.05) is 42.5 Å². The van der Waals surface area contributed by atoms with E-state index in [4.69, 9.17) is 9.72 Å². The van der Waals surface area contributed by atoms with Crippen molar-refractivity contribution < 1.29 is 14.6 Å². The molecule has 0 saturated heterocycles. The van der Waals surface area contributed by atoms with Crippen molar-refractivity contribution in [3.8, 4) is 5.75 Å². The first kappa shape index (κ1) is 18.9. The number of aromatic nitrogens is 3. The van der Waals surface area contributed by atoms with Gasteiger partial charge in [-0.05, 0) is 36.3 Å². The number of rotatable bonds is 5. The van der Waals surface area contributed by atoms with Crippen LogP contribution in [-0.4, -0.2) is 33.4 Å². The van der Waals surface area contributed by atoms with E-state index in [2.05, 4.69) is 15.5 Å². The summed E-state index contributed by atoms with van der Waals surface area (Å²) in [4.78, 5) is 16.3. The van der Waals surface area contributed by atoms with Crippen LogP contribution in [0.5, 0.6) is 5.75 Å². The number of carboxylic acids is 1. The second-order valence-electron chi connectivity index (χ2n) is 7.47. The molecule has 0 bridgehead atoms. The minimum Gasteiger partial charge on any atom is -0.497 e. The molecule has 0 fully saturated rings. The van der Waals surface area contributed by atoms with Gasteiger partial charge >= 0.3 is 5.97 Å². The first-order chi connectivity index (χ1) is 15.1. The molecule has 7 heteroatoms. The van der Waals surface area contributed by atoms with Gasteiger partial charge in [0.25, 0.3) is 0 Å². The normalized spacial score (nSPS) is 18.2. The summed E-state index contributed by atoms with van der Waals surface area (Å²) in [7, 11) is 1.63. The molecule has 2 aromatic carbocycles. The van der Waals surface area contributed by atoms with Crippen LogP contribution < -0.4 is 10.1 Å². The molecule has 1 aliphatic carbocycles. The lowest BCUT2D eigenvalue weighted by atomic mass is 9.82. The van der Waals surface area contributed by atoms with Gasteiger partial charge < -0.3 is 15.2 Å². The van der Waals surface area contributed by atoms with E-state index >= 15 is 0 Å². The zero-order chi connectivity index (χ0) is 21.4. The molecule has 0 saturated carbocycles. The number of hydrogen-bond acceptors (Lipinski definition) is 5. The minimum atomic E-state index is -0.938. The maximum atomic E-state index is 11.4. The summed E-state index contributed by atoms with van der Waals surface area (Å²) in [6.07, 6.45) is 7.51. The highest BCUT2D eigenvalue weighted by atomic mass is 16.5. The van der Waals surface area contributed by atoms with Gasteiger partial charge in [0.2, 0.25) is 0 Å². The summed E-state index contributed by atoms with van der Waals surface area (Å²) in [5.74, 6) is 0.456. The molecule has 3 N–H and O–H groups in total. The van der Waals surface area contributed by atoms with Crippen LogP contribution in [0.2, 0.25) is 0 Å². The Morgan fingerprint density at radius 1 is 1.19 bits per heavy atom. The number of aliphatic carboxylic acids is 1. The highest BCUT2D eigenvalue weighted by molar-refractivity contribution is 6.08. The van der Waals surface area contributed by atoms with Crippen molar-refractivity contribution in [2.75, 3.05) is 12.4 Å². The number of pyridine rings is 1. The fourth-order valence-electron chi connectivity index (χ4n) is 4.02. The van der Waals surface area contributed by atoms with Gasteiger partial charge in [0, 0.05) is 10.8 Å². The summed E-state index contributed by atoms with van der Waals surface area (Å²) in [6.45, 7) is 0. The van der Waals surface area contributed by atoms with Crippen molar-refractivity contribution >= 4 is 33.6 Å². The molecular formula is C24H20N4O3. The van der Waals surface area contributed by atoms with Crippen molar-refractivity contribution in [3.63, 3.8) is 0 Å². The Hall–Kier alpha value is -4.13. The molecule has 31 heavy (non-hydrogen) atoms. The lowest BCUT2D eigenvalue weighted by Gasteiger charge is -2.34. The molecule has 0 radical (unpaired) electrons. The number of H-pyrrole nitrogens is 1. The summed E-state index contributed by atoms with van der Waals surface area (Å²) in [6, 6.07) is 15.7. The first-order valence-electron chi connectivity index (χ1n) is 9.87. The van der Waals surface area contributed by atoms with Crippen LogP contribution in [-0.2, 0) is 10.3 Å². The van der Waals surface area contributed by atoms with Crippen molar-refractivity contribution in [1.29, 1.82) is 0 Å². The quantitative estimate of drug-likeness (QED) is 0.449. The van der Waals surface area contributed by atoms with Gasteiger partial charge in [-0.25, -0.2) is 9.78 Å². The molecule has 1 atom stereocenters. The third-order valence-electron chi connectivity index (χ3n) is 5.67. The van der Waals surface area contributed by atoms with Crippen molar-refractivity contribution in [3.05, 3.63) is 84.1 Å². The number of nitrogens with zero attached hydrogens (tertiary/aromatic N) is 2. The van der Waals surface area contributed by atoms with Crippen LogP contribution in [0.3, 0.4) is 0 Å². The molecule has 5 rings (SSSR count). The number of benzene rings is 2. The van der Waals surface area contributed by atoms with Crippen LogP contribution >= 0.6 is 0 Å². The number of ether oxygens (including phenoxy) is 1. The fourth-order valence-corrected chi connectivity index (χ4v) is 4.02. The predicted octanol–water partition coefficient (Wildman–Crippen LogP) is 4.40. The zero-order valence-electron chi connectivity index (χ0n) is 16.8. The lowest BCUT2D eigenvalue weighted by molar-refractivity contribution is -0.132. The standard InChI is InChI=1S/C24H20N4O3/c1-31-17-7-8-20-18(13-17)19-14-25-28-21(19)22(26-20)27-24(16-5-3-2-4-6-16)11-9-15(10-12-24)23(29)30/h2-11,13-14H,12H2,1H3,(H,25,28)(H,26,27)(H,29,30). The summed E-state index contributed by atoms with van der Waals surface area (Å²) in [5.41, 5.74) is 2.22. The number of carboxylic acid groups (broad SMARTS) is 1. The Morgan fingerprint density at radius 2 is 2.03 bits per heavy atom. The van der Waals surface area contributed by atoms with E-state index in [1.165, 1.54) is 0 Å². The second kappa shape index (κ2) is 7.28. The van der Waals surface area contributed by atoms with Crippen molar-refractivity contribution in [1.82, 2.24) is 15.2 Å². The number of hydrogen-bond donors (Lipinski definition) is 3.